The number of benzene rings is 2. The second kappa shape index (κ2) is 7.70. The van der Waals surface area contributed by atoms with Crippen LogP contribution in [0, 0.1) is 0 Å². The Morgan fingerprint density at radius 2 is 1.90 bits per heavy atom. The zero-order valence-corrected chi connectivity index (χ0v) is 12.7. The Kier molecular flexibility index (Phi) is 5.64. The van der Waals surface area contributed by atoms with Gasteiger partial charge in [-0.3, -0.25) is 0 Å². The second-order valence-corrected chi connectivity index (χ2v) is 4.95. The molecule has 0 aliphatic carbocycles. The molecule has 0 bridgehead atoms. The topological polar surface area (TPSA) is 44.5 Å². The molecule has 0 aliphatic rings. The van der Waals surface area contributed by atoms with Gasteiger partial charge in [0.2, 0.25) is 0 Å². The van der Waals surface area contributed by atoms with Crippen molar-refractivity contribution in [1.82, 2.24) is 0 Å². The van der Waals surface area contributed by atoms with Crippen LogP contribution in [0.5, 0.6) is 11.5 Å². The largest absolute Gasteiger partial charge is 0.497 e. The predicted molar refractivity (Wildman–Crippen MR) is 86.1 cm³/mol. The minimum atomic E-state index is 0.252. The molecule has 0 aromatic heterocycles. The van der Waals surface area contributed by atoms with E-state index in [0.29, 0.717) is 13.2 Å². The second-order valence-electron chi connectivity index (χ2n) is 4.95. The highest BCUT2D eigenvalue weighted by Crippen LogP contribution is 2.27. The molecule has 112 valence electrons. The van der Waals surface area contributed by atoms with Gasteiger partial charge in [0, 0.05) is 5.92 Å². The number of methoxy groups -OCH3 is 1. The highest BCUT2D eigenvalue weighted by atomic mass is 16.5. The zero-order valence-electron chi connectivity index (χ0n) is 12.7. The fraction of sp³-hybridized carbons (Fsp3) is 0.333. The molecule has 0 fully saturated rings. The lowest BCUT2D eigenvalue weighted by atomic mass is 9.91. The molecular weight excluding hydrogens is 262 g/mol. The zero-order chi connectivity index (χ0) is 15.1. The number of rotatable bonds is 7. The number of hydrogen-bond donors (Lipinski definition) is 1. The maximum Gasteiger partial charge on any atom is 0.122 e. The lowest BCUT2D eigenvalue weighted by Gasteiger charge is -2.18. The van der Waals surface area contributed by atoms with E-state index in [1.54, 1.807) is 7.11 Å². The molecule has 1 atom stereocenters. The van der Waals surface area contributed by atoms with Gasteiger partial charge < -0.3 is 15.2 Å². The van der Waals surface area contributed by atoms with E-state index in [1.165, 1.54) is 11.1 Å². The highest BCUT2D eigenvalue weighted by Gasteiger charge is 2.14. The monoisotopic (exact) mass is 285 g/mol. The van der Waals surface area contributed by atoms with Crippen LogP contribution in [0.15, 0.2) is 48.5 Å². The van der Waals surface area contributed by atoms with E-state index in [0.717, 1.165) is 17.9 Å². The van der Waals surface area contributed by atoms with Crippen molar-refractivity contribution in [3.05, 3.63) is 59.7 Å². The molecule has 3 nitrogen and oxygen atoms in total. The van der Waals surface area contributed by atoms with Crippen molar-refractivity contribution in [1.29, 1.82) is 0 Å². The summed E-state index contributed by atoms with van der Waals surface area (Å²) in [5.41, 5.74) is 8.38. The van der Waals surface area contributed by atoms with Gasteiger partial charge in [0.15, 0.2) is 0 Å². The molecule has 2 aromatic rings. The molecule has 2 aromatic carbocycles. The molecule has 3 heteroatoms. The van der Waals surface area contributed by atoms with Crippen LogP contribution >= 0.6 is 0 Å². The van der Waals surface area contributed by atoms with Gasteiger partial charge in [-0.05, 0) is 49.2 Å². The SMILES string of the molecule is CCOc1ccccc1CC(CN)c1cccc(OC)c1. The molecule has 0 amide bonds. The van der Waals surface area contributed by atoms with Crippen molar-refractivity contribution in [2.24, 2.45) is 5.73 Å². The average Bonchev–Trinajstić information content (AvgIpc) is 2.54. The molecule has 2 rings (SSSR count). The van der Waals surface area contributed by atoms with Crippen LogP contribution in [0.25, 0.3) is 0 Å². The van der Waals surface area contributed by atoms with Crippen LogP contribution in [-0.4, -0.2) is 20.3 Å². The van der Waals surface area contributed by atoms with Gasteiger partial charge in [0.1, 0.15) is 11.5 Å². The van der Waals surface area contributed by atoms with Crippen LogP contribution in [0.2, 0.25) is 0 Å². The summed E-state index contributed by atoms with van der Waals surface area (Å²) in [6.07, 6.45) is 0.861. The predicted octanol–water partition coefficient (Wildman–Crippen LogP) is 3.38. The molecule has 0 saturated heterocycles. The van der Waals surface area contributed by atoms with Crippen LogP contribution in [0.3, 0.4) is 0 Å². The molecule has 2 N–H and O–H groups in total. The van der Waals surface area contributed by atoms with Gasteiger partial charge in [0.25, 0.3) is 0 Å². The van der Waals surface area contributed by atoms with Gasteiger partial charge >= 0.3 is 0 Å². The molecular formula is C18H23NO2. The molecule has 21 heavy (non-hydrogen) atoms. The van der Waals surface area contributed by atoms with Crippen molar-refractivity contribution in [3.8, 4) is 11.5 Å². The summed E-state index contributed by atoms with van der Waals surface area (Å²) in [7, 11) is 1.68. The van der Waals surface area contributed by atoms with Crippen molar-refractivity contribution >= 4 is 0 Å². The maximum absolute atomic E-state index is 5.99. The molecule has 0 aliphatic heterocycles. The van der Waals surface area contributed by atoms with Crippen molar-refractivity contribution in [2.45, 2.75) is 19.3 Å². The van der Waals surface area contributed by atoms with E-state index in [1.807, 2.05) is 37.3 Å². The maximum atomic E-state index is 5.99. The Labute approximate surface area is 126 Å². The van der Waals surface area contributed by atoms with E-state index >= 15 is 0 Å². The van der Waals surface area contributed by atoms with E-state index in [9.17, 15) is 0 Å². The Balaban J connectivity index is 2.22. The fourth-order valence-electron chi connectivity index (χ4n) is 2.47. The van der Waals surface area contributed by atoms with E-state index in [4.69, 9.17) is 15.2 Å². The lowest BCUT2D eigenvalue weighted by molar-refractivity contribution is 0.335. The van der Waals surface area contributed by atoms with Crippen LogP contribution in [-0.2, 0) is 6.42 Å². The third-order valence-corrected chi connectivity index (χ3v) is 3.59. The normalized spacial score (nSPS) is 12.0. The van der Waals surface area contributed by atoms with Gasteiger partial charge in [-0.1, -0.05) is 30.3 Å². The van der Waals surface area contributed by atoms with Gasteiger partial charge in [-0.25, -0.2) is 0 Å². The number of hydrogen-bond acceptors (Lipinski definition) is 3. The fourth-order valence-corrected chi connectivity index (χ4v) is 2.47. The summed E-state index contributed by atoms with van der Waals surface area (Å²) >= 11 is 0. The van der Waals surface area contributed by atoms with Crippen molar-refractivity contribution in [2.75, 3.05) is 20.3 Å². The Hall–Kier alpha value is -2.00. The summed E-state index contributed by atoms with van der Waals surface area (Å²) in [5, 5.41) is 0. The number of para-hydroxylation sites is 1. The lowest BCUT2D eigenvalue weighted by Crippen LogP contribution is -2.15. The molecule has 1 unspecified atom stereocenters. The molecule has 0 saturated carbocycles. The smallest absolute Gasteiger partial charge is 0.122 e. The van der Waals surface area contributed by atoms with Gasteiger partial charge in [-0.2, -0.15) is 0 Å². The molecule has 0 radical (unpaired) electrons. The van der Waals surface area contributed by atoms with E-state index in [-0.39, 0.29) is 5.92 Å². The minimum Gasteiger partial charge on any atom is -0.497 e. The van der Waals surface area contributed by atoms with Crippen molar-refractivity contribution < 1.29 is 9.47 Å². The summed E-state index contributed by atoms with van der Waals surface area (Å²) in [4.78, 5) is 0. The molecule has 0 spiro atoms. The first kappa shape index (κ1) is 15.4. The van der Waals surface area contributed by atoms with Crippen LogP contribution < -0.4 is 15.2 Å². The van der Waals surface area contributed by atoms with Crippen molar-refractivity contribution in [3.63, 3.8) is 0 Å². The Bertz CT molecular complexity index is 569. The quantitative estimate of drug-likeness (QED) is 0.848. The third kappa shape index (κ3) is 3.99. The minimum absolute atomic E-state index is 0.252. The van der Waals surface area contributed by atoms with E-state index < -0.39 is 0 Å². The van der Waals surface area contributed by atoms with Gasteiger partial charge in [0.05, 0.1) is 13.7 Å². The Morgan fingerprint density at radius 1 is 1.10 bits per heavy atom. The third-order valence-electron chi connectivity index (χ3n) is 3.59. The number of nitrogens with two attached hydrogens (primary N) is 1. The first-order chi connectivity index (χ1) is 10.3. The van der Waals surface area contributed by atoms with Crippen LogP contribution in [0.4, 0.5) is 0 Å². The first-order valence-electron chi connectivity index (χ1n) is 7.33. The molecule has 0 heterocycles. The highest BCUT2D eigenvalue weighted by molar-refractivity contribution is 5.37. The Morgan fingerprint density at radius 3 is 2.62 bits per heavy atom. The summed E-state index contributed by atoms with van der Waals surface area (Å²) in [6.45, 7) is 3.26. The van der Waals surface area contributed by atoms with E-state index in [2.05, 4.69) is 18.2 Å². The standard InChI is InChI=1S/C18H23NO2/c1-3-21-18-10-5-4-7-15(18)11-16(13-19)14-8-6-9-17(12-14)20-2/h4-10,12,16H,3,11,13,19H2,1-2H3. The summed E-state index contributed by atoms with van der Waals surface area (Å²) in [6, 6.07) is 16.3. The summed E-state index contributed by atoms with van der Waals surface area (Å²) in [5.74, 6) is 2.06. The first-order valence-corrected chi connectivity index (χ1v) is 7.33. The average molecular weight is 285 g/mol. The van der Waals surface area contributed by atoms with Crippen LogP contribution in [0.1, 0.15) is 24.0 Å². The van der Waals surface area contributed by atoms with Gasteiger partial charge in [-0.15, -0.1) is 0 Å². The number of ether oxygens (including phenoxy) is 2. The summed E-state index contributed by atoms with van der Waals surface area (Å²) < 4.78 is 11.0.